The van der Waals surface area contributed by atoms with Gasteiger partial charge in [0.2, 0.25) is 0 Å². The zero-order chi connectivity index (χ0) is 26.8. The molecule has 1 N–H and O–H groups in total. The predicted octanol–water partition coefficient (Wildman–Crippen LogP) is 1.87. The van der Waals surface area contributed by atoms with Crippen molar-refractivity contribution < 1.29 is 33.2 Å². The van der Waals surface area contributed by atoms with Gasteiger partial charge in [-0.15, -0.1) is 0 Å². The number of aromatic nitrogens is 3. The lowest BCUT2D eigenvalue weighted by atomic mass is 10.1. The van der Waals surface area contributed by atoms with Crippen molar-refractivity contribution in [1.82, 2.24) is 19.5 Å². The third kappa shape index (κ3) is 5.32. The molecule has 12 nitrogen and oxygen atoms in total. The van der Waals surface area contributed by atoms with E-state index in [0.717, 1.165) is 16.8 Å². The number of rotatable bonds is 8. The third-order valence-corrected chi connectivity index (χ3v) is 7.25. The molecule has 0 aliphatic carbocycles. The van der Waals surface area contributed by atoms with Gasteiger partial charge in [0.1, 0.15) is 18.5 Å². The molecule has 3 aromatic rings. The summed E-state index contributed by atoms with van der Waals surface area (Å²) in [6.45, 7) is 3.90. The molecule has 12 heteroatoms. The Morgan fingerprint density at radius 3 is 2.85 bits per heavy atom. The normalized spacial score (nSPS) is 21.2. The molecule has 3 aliphatic rings. The molecule has 2 aromatic heterocycles. The highest BCUT2D eigenvalue weighted by atomic mass is 16.5. The molecule has 0 spiro atoms. The summed E-state index contributed by atoms with van der Waals surface area (Å²) in [5.41, 5.74) is 3.23. The molecular weight excluding hydrogens is 506 g/mol. The molecule has 0 unspecified atom stereocenters. The van der Waals surface area contributed by atoms with Gasteiger partial charge in [-0.05, 0) is 17.7 Å². The highest BCUT2D eigenvalue weighted by Crippen LogP contribution is 2.35. The summed E-state index contributed by atoms with van der Waals surface area (Å²) in [4.78, 5) is 20.0. The van der Waals surface area contributed by atoms with Crippen LogP contribution in [-0.2, 0) is 19.0 Å². The first-order valence-electron chi connectivity index (χ1n) is 13.2. The van der Waals surface area contributed by atoms with Crippen molar-refractivity contribution in [1.29, 1.82) is 0 Å². The third-order valence-electron chi connectivity index (χ3n) is 7.25. The fourth-order valence-corrected chi connectivity index (χ4v) is 5.05. The number of anilines is 1. The summed E-state index contributed by atoms with van der Waals surface area (Å²) in [5.74, 6) is 1.83. The van der Waals surface area contributed by atoms with Gasteiger partial charge < -0.3 is 38.6 Å². The highest BCUT2D eigenvalue weighted by Gasteiger charge is 2.40. The summed E-state index contributed by atoms with van der Waals surface area (Å²) < 4.78 is 35.9. The van der Waals surface area contributed by atoms with Crippen LogP contribution in [0.4, 0.5) is 5.69 Å². The van der Waals surface area contributed by atoms with Crippen LogP contribution in [0.15, 0.2) is 30.6 Å². The molecule has 3 aliphatic heterocycles. The van der Waals surface area contributed by atoms with Crippen molar-refractivity contribution in [2.75, 3.05) is 72.3 Å². The Morgan fingerprint density at radius 1 is 1.15 bits per heavy atom. The zero-order valence-electron chi connectivity index (χ0n) is 22.1. The van der Waals surface area contributed by atoms with Crippen LogP contribution >= 0.6 is 0 Å². The second-order valence-corrected chi connectivity index (χ2v) is 9.91. The Hall–Kier alpha value is -3.61. The lowest BCUT2D eigenvalue weighted by Gasteiger charge is -2.27. The van der Waals surface area contributed by atoms with Crippen molar-refractivity contribution in [2.24, 2.45) is 5.92 Å². The van der Waals surface area contributed by atoms with E-state index >= 15 is 0 Å². The molecule has 2 saturated heterocycles. The van der Waals surface area contributed by atoms with Gasteiger partial charge in [-0.1, -0.05) is 0 Å². The van der Waals surface area contributed by atoms with E-state index in [2.05, 4.69) is 10.4 Å². The van der Waals surface area contributed by atoms with Gasteiger partial charge in [0.15, 0.2) is 11.4 Å². The van der Waals surface area contributed by atoms with E-state index in [1.165, 1.54) is 0 Å². The first-order valence-corrected chi connectivity index (χ1v) is 13.2. The van der Waals surface area contributed by atoms with Crippen molar-refractivity contribution in [3.63, 3.8) is 0 Å². The van der Waals surface area contributed by atoms with Crippen molar-refractivity contribution in [3.05, 3.63) is 30.6 Å². The maximum atomic E-state index is 13.3. The molecule has 2 atom stereocenters. The number of benzene rings is 1. The number of hydrogen-bond donors (Lipinski definition) is 1. The van der Waals surface area contributed by atoms with Crippen molar-refractivity contribution in [2.45, 2.75) is 18.6 Å². The van der Waals surface area contributed by atoms with Crippen LogP contribution in [0.2, 0.25) is 0 Å². The number of nitrogens with zero attached hydrogens (tertiary/aromatic N) is 4. The maximum absolute atomic E-state index is 13.3. The monoisotopic (exact) mass is 539 g/mol. The number of methoxy groups -OCH3 is 2. The van der Waals surface area contributed by atoms with Crippen LogP contribution in [0, 0.1) is 5.92 Å². The Kier molecular flexibility index (Phi) is 7.40. The lowest BCUT2D eigenvalue weighted by molar-refractivity contribution is -0.138. The average Bonchev–Trinajstić information content (AvgIpc) is 3.46. The van der Waals surface area contributed by atoms with Gasteiger partial charge in [0.05, 0.1) is 58.6 Å². The molecular formula is C27H33N5O7. The molecule has 208 valence electrons. The smallest absolute Gasteiger partial charge is 0.260 e. The van der Waals surface area contributed by atoms with Gasteiger partial charge in [0.25, 0.3) is 11.8 Å². The summed E-state index contributed by atoms with van der Waals surface area (Å²) >= 11 is 0. The van der Waals surface area contributed by atoms with Crippen LogP contribution in [0.5, 0.6) is 17.4 Å². The fourth-order valence-electron chi connectivity index (χ4n) is 5.05. The van der Waals surface area contributed by atoms with Crippen LogP contribution in [0.1, 0.15) is 6.42 Å². The Balaban J connectivity index is 1.36. The van der Waals surface area contributed by atoms with Crippen molar-refractivity contribution in [3.8, 4) is 28.5 Å². The summed E-state index contributed by atoms with van der Waals surface area (Å²) in [5, 5.41) is 7.98. The van der Waals surface area contributed by atoms with Gasteiger partial charge in [-0.3, -0.25) is 4.79 Å². The van der Waals surface area contributed by atoms with Crippen LogP contribution in [-0.4, -0.2) is 105 Å². The second kappa shape index (κ2) is 11.2. The SMILES string of the molecule is COCCO[C@@H]1C[C@H]2COc3nc4c(cnn4cc3OCC3COC3)-c3cc(cc(OC)c3)NCCN2C1=O. The minimum Gasteiger partial charge on any atom is -0.497 e. The van der Waals surface area contributed by atoms with E-state index in [1.54, 1.807) is 31.1 Å². The quantitative estimate of drug-likeness (QED) is 0.425. The van der Waals surface area contributed by atoms with Crippen LogP contribution < -0.4 is 19.5 Å². The maximum Gasteiger partial charge on any atom is 0.260 e. The molecule has 2 fully saturated rings. The number of amides is 1. The summed E-state index contributed by atoms with van der Waals surface area (Å²) in [6.07, 6.45) is 3.54. The number of carbonyl (C=O) groups excluding carboxylic acids is 1. The average molecular weight is 540 g/mol. The van der Waals surface area contributed by atoms with Gasteiger partial charge in [-0.2, -0.15) is 10.1 Å². The van der Waals surface area contributed by atoms with E-state index in [4.69, 9.17) is 33.4 Å². The first kappa shape index (κ1) is 25.7. The van der Waals surface area contributed by atoms with Gasteiger partial charge >= 0.3 is 0 Å². The molecule has 0 radical (unpaired) electrons. The van der Waals surface area contributed by atoms with Crippen molar-refractivity contribution >= 4 is 17.2 Å². The largest absolute Gasteiger partial charge is 0.497 e. The summed E-state index contributed by atoms with van der Waals surface area (Å²) in [7, 11) is 3.24. The van der Waals surface area contributed by atoms with Crippen LogP contribution in [0.3, 0.4) is 0 Å². The minimum absolute atomic E-state index is 0.0529. The lowest BCUT2D eigenvalue weighted by Crippen LogP contribution is -2.41. The Labute approximate surface area is 226 Å². The standard InChI is InChI=1S/C27H33N5O7/c1-34-5-6-37-23-10-20-16-39-26-24(38-15-17-13-36-14-17)12-32-25(30-26)22(11-29-32)18-7-19(9-21(8-18)35-2)28-3-4-31(20)27(23)33/h7-9,11-12,17,20,23,28H,3-6,10,13-16H2,1-2H3/t20-,23+/m0/s1. The van der Waals surface area contributed by atoms with Gasteiger partial charge in [-0.25, -0.2) is 4.52 Å². The number of fused-ring (bicyclic) bond motifs is 5. The van der Waals surface area contributed by atoms with E-state index in [9.17, 15) is 4.79 Å². The number of ether oxygens (including phenoxy) is 6. The minimum atomic E-state index is -0.543. The van der Waals surface area contributed by atoms with Gasteiger partial charge in [0, 0.05) is 49.9 Å². The second-order valence-electron chi connectivity index (χ2n) is 9.91. The van der Waals surface area contributed by atoms with E-state index in [-0.39, 0.29) is 18.6 Å². The Bertz CT molecular complexity index is 1330. The summed E-state index contributed by atoms with van der Waals surface area (Å²) in [6, 6.07) is 5.71. The number of carbonyl (C=O) groups is 1. The molecule has 39 heavy (non-hydrogen) atoms. The molecule has 4 bridgehead atoms. The Morgan fingerprint density at radius 2 is 2.05 bits per heavy atom. The van der Waals surface area contributed by atoms with E-state index < -0.39 is 6.10 Å². The fraction of sp³-hybridized carbons (Fsp3) is 0.519. The molecule has 1 amide bonds. The first-order chi connectivity index (χ1) is 19.1. The molecule has 1 aromatic carbocycles. The number of hydrogen-bond acceptors (Lipinski definition) is 10. The highest BCUT2D eigenvalue weighted by molar-refractivity contribution is 5.84. The van der Waals surface area contributed by atoms with E-state index in [0.29, 0.717) is 81.5 Å². The topological polar surface area (TPSA) is 118 Å². The predicted molar refractivity (Wildman–Crippen MR) is 140 cm³/mol. The molecule has 6 rings (SSSR count). The zero-order valence-corrected chi connectivity index (χ0v) is 22.1. The van der Waals surface area contributed by atoms with E-state index in [1.807, 2.05) is 23.1 Å². The van der Waals surface area contributed by atoms with Crippen LogP contribution in [0.25, 0.3) is 16.8 Å². The molecule has 0 saturated carbocycles. The number of nitrogens with one attached hydrogen (secondary N) is 1. The molecule has 5 heterocycles.